The van der Waals surface area contributed by atoms with Gasteiger partial charge in [0.05, 0.1) is 7.11 Å². The summed E-state index contributed by atoms with van der Waals surface area (Å²) < 4.78 is 5.54. The fourth-order valence-electron chi connectivity index (χ4n) is 2.68. The minimum absolute atomic E-state index is 0. The van der Waals surface area contributed by atoms with E-state index in [0.717, 1.165) is 44.4 Å². The van der Waals surface area contributed by atoms with Crippen molar-refractivity contribution in [1.82, 2.24) is 10.2 Å². The number of guanidine groups is 1. The molecule has 1 aromatic carbocycles. The molecule has 142 valence electrons. The van der Waals surface area contributed by atoms with Crippen molar-refractivity contribution in [2.24, 2.45) is 4.99 Å². The fourth-order valence-corrected chi connectivity index (χ4v) is 2.90. The topological polar surface area (TPSA) is 40.1 Å². The Morgan fingerprint density at radius 2 is 1.96 bits per heavy atom. The number of hydrogen-bond acceptors (Lipinski definition) is 4. The Kier molecular flexibility index (Phi) is 9.20. The number of nitrogens with zero attached hydrogens (tertiary/aromatic N) is 3. The first-order valence-electron chi connectivity index (χ1n) is 8.39. The maximum Gasteiger partial charge on any atom is 0.193 e. The van der Waals surface area contributed by atoms with Crippen LogP contribution in [0, 0.1) is 0 Å². The first-order chi connectivity index (χ1) is 11.5. The molecule has 1 heterocycles. The maximum absolute atomic E-state index is 5.33. The van der Waals surface area contributed by atoms with Gasteiger partial charge in [0, 0.05) is 56.3 Å². The summed E-state index contributed by atoms with van der Waals surface area (Å²) in [6.07, 6.45) is 2.15. The van der Waals surface area contributed by atoms with Crippen molar-refractivity contribution in [3.05, 3.63) is 24.3 Å². The standard InChI is InChI=1S/C18H30N4OS.HI/c1-18(2,24-5)14-20-17(19-3)22-11-9-21(10-12-22)15-7-6-8-16(13-15)23-4;/h6-8,13H,9-12,14H2,1-5H3,(H,19,20);1H. The quantitative estimate of drug-likeness (QED) is 0.400. The lowest BCUT2D eigenvalue weighted by Gasteiger charge is -2.38. The molecule has 0 unspecified atom stereocenters. The van der Waals surface area contributed by atoms with Gasteiger partial charge in [0.15, 0.2) is 5.96 Å². The number of halogens is 1. The normalized spacial score (nSPS) is 15.6. The van der Waals surface area contributed by atoms with Gasteiger partial charge in [0.2, 0.25) is 0 Å². The second kappa shape index (κ2) is 10.4. The van der Waals surface area contributed by atoms with Gasteiger partial charge in [-0.15, -0.1) is 24.0 Å². The predicted octanol–water partition coefficient (Wildman–Crippen LogP) is 3.15. The molecule has 1 aromatic rings. The lowest BCUT2D eigenvalue weighted by atomic mass is 10.2. The highest BCUT2D eigenvalue weighted by Crippen LogP contribution is 2.22. The molecule has 0 spiro atoms. The van der Waals surface area contributed by atoms with Crippen LogP contribution in [0.3, 0.4) is 0 Å². The molecule has 0 bridgehead atoms. The van der Waals surface area contributed by atoms with Crippen LogP contribution >= 0.6 is 35.7 Å². The van der Waals surface area contributed by atoms with E-state index < -0.39 is 0 Å². The molecule has 7 heteroatoms. The van der Waals surface area contributed by atoms with E-state index in [9.17, 15) is 0 Å². The van der Waals surface area contributed by atoms with E-state index in [-0.39, 0.29) is 28.7 Å². The molecule has 1 saturated heterocycles. The van der Waals surface area contributed by atoms with E-state index in [1.165, 1.54) is 5.69 Å². The zero-order valence-corrected chi connectivity index (χ0v) is 19.1. The van der Waals surface area contributed by atoms with Gasteiger partial charge in [-0.3, -0.25) is 4.99 Å². The number of aliphatic imine (C=N–C) groups is 1. The summed E-state index contributed by atoms with van der Waals surface area (Å²) in [6.45, 7) is 9.32. The van der Waals surface area contributed by atoms with E-state index in [1.807, 2.05) is 30.9 Å². The van der Waals surface area contributed by atoms with Crippen LogP contribution < -0.4 is 15.0 Å². The third kappa shape index (κ3) is 6.44. The average Bonchev–Trinajstić information content (AvgIpc) is 2.62. The highest BCUT2D eigenvalue weighted by Gasteiger charge is 2.22. The molecule has 1 aliphatic heterocycles. The Hall–Kier alpha value is -0.830. The molecule has 0 atom stereocenters. The first kappa shape index (κ1) is 22.2. The van der Waals surface area contributed by atoms with Crippen LogP contribution in [0.4, 0.5) is 5.69 Å². The summed E-state index contributed by atoms with van der Waals surface area (Å²) >= 11 is 1.87. The van der Waals surface area contributed by atoms with Gasteiger partial charge in [0.1, 0.15) is 5.75 Å². The van der Waals surface area contributed by atoms with Crippen molar-refractivity contribution < 1.29 is 4.74 Å². The van der Waals surface area contributed by atoms with Crippen molar-refractivity contribution in [2.75, 3.05) is 58.0 Å². The first-order valence-corrected chi connectivity index (χ1v) is 9.61. The number of methoxy groups -OCH3 is 1. The van der Waals surface area contributed by atoms with Crippen LogP contribution in [-0.4, -0.2) is 68.7 Å². The van der Waals surface area contributed by atoms with Crippen molar-refractivity contribution in [1.29, 1.82) is 0 Å². The molecule has 0 saturated carbocycles. The van der Waals surface area contributed by atoms with Gasteiger partial charge in [-0.25, -0.2) is 0 Å². The minimum Gasteiger partial charge on any atom is -0.497 e. The van der Waals surface area contributed by atoms with Gasteiger partial charge in [-0.05, 0) is 32.2 Å². The molecule has 2 rings (SSSR count). The highest BCUT2D eigenvalue weighted by atomic mass is 127. The molecule has 5 nitrogen and oxygen atoms in total. The van der Waals surface area contributed by atoms with Crippen molar-refractivity contribution in [3.8, 4) is 5.75 Å². The number of piperazine rings is 1. The van der Waals surface area contributed by atoms with Gasteiger partial charge >= 0.3 is 0 Å². The van der Waals surface area contributed by atoms with Crippen molar-refractivity contribution in [3.63, 3.8) is 0 Å². The lowest BCUT2D eigenvalue weighted by Crippen LogP contribution is -2.54. The van der Waals surface area contributed by atoms with Crippen molar-refractivity contribution >= 4 is 47.4 Å². The second-order valence-corrected chi connectivity index (χ2v) is 8.05. The largest absolute Gasteiger partial charge is 0.497 e. The van der Waals surface area contributed by atoms with Crippen LogP contribution in [0.25, 0.3) is 0 Å². The molecule has 0 amide bonds. The Bertz CT molecular complexity index is 560. The SMILES string of the molecule is CN=C(NCC(C)(C)SC)N1CCN(c2cccc(OC)c2)CC1.I. The van der Waals surface area contributed by atoms with Crippen LogP contribution in [0.1, 0.15) is 13.8 Å². The summed E-state index contributed by atoms with van der Waals surface area (Å²) in [6, 6.07) is 8.28. The summed E-state index contributed by atoms with van der Waals surface area (Å²) in [7, 11) is 3.58. The van der Waals surface area contributed by atoms with Crippen molar-refractivity contribution in [2.45, 2.75) is 18.6 Å². The number of anilines is 1. The van der Waals surface area contributed by atoms with Crippen LogP contribution in [-0.2, 0) is 0 Å². The second-order valence-electron chi connectivity index (χ2n) is 6.54. The van der Waals surface area contributed by atoms with Gasteiger partial charge in [0.25, 0.3) is 0 Å². The highest BCUT2D eigenvalue weighted by molar-refractivity contribution is 14.0. The molecule has 0 aromatic heterocycles. The maximum atomic E-state index is 5.33. The summed E-state index contributed by atoms with van der Waals surface area (Å²) in [5.74, 6) is 1.91. The molecule has 1 N–H and O–H groups in total. The summed E-state index contributed by atoms with van der Waals surface area (Å²) in [5.41, 5.74) is 1.22. The molecule has 25 heavy (non-hydrogen) atoms. The van der Waals surface area contributed by atoms with E-state index in [4.69, 9.17) is 4.74 Å². The monoisotopic (exact) mass is 478 g/mol. The van der Waals surface area contributed by atoms with Crippen LogP contribution in [0.15, 0.2) is 29.3 Å². The smallest absolute Gasteiger partial charge is 0.193 e. The molecular formula is C18H31IN4OS. The number of thioether (sulfide) groups is 1. The zero-order valence-electron chi connectivity index (χ0n) is 15.9. The summed E-state index contributed by atoms with van der Waals surface area (Å²) in [5, 5.41) is 3.52. The molecule has 1 fully saturated rings. The van der Waals surface area contributed by atoms with Crippen LogP contribution in [0.2, 0.25) is 0 Å². The number of nitrogens with one attached hydrogen (secondary N) is 1. The Morgan fingerprint density at radius 3 is 2.52 bits per heavy atom. The van der Waals surface area contributed by atoms with Gasteiger partial charge < -0.3 is 19.9 Å². The summed E-state index contributed by atoms with van der Waals surface area (Å²) in [4.78, 5) is 9.20. The molecule has 0 radical (unpaired) electrons. The fraction of sp³-hybridized carbons (Fsp3) is 0.611. The number of rotatable bonds is 5. The number of ether oxygens (including phenoxy) is 1. The molecule has 0 aliphatic carbocycles. The molecular weight excluding hydrogens is 447 g/mol. The Balaban J connectivity index is 0.00000312. The zero-order chi connectivity index (χ0) is 17.6. The lowest BCUT2D eigenvalue weighted by molar-refractivity contribution is 0.370. The number of benzene rings is 1. The predicted molar refractivity (Wildman–Crippen MR) is 121 cm³/mol. The minimum atomic E-state index is 0. The Labute approximate surface area is 173 Å². The number of hydrogen-bond donors (Lipinski definition) is 1. The van der Waals surface area contributed by atoms with E-state index in [1.54, 1.807) is 7.11 Å². The van der Waals surface area contributed by atoms with E-state index >= 15 is 0 Å². The molecule has 1 aliphatic rings. The third-order valence-corrected chi connectivity index (χ3v) is 5.68. The average molecular weight is 478 g/mol. The Morgan fingerprint density at radius 1 is 1.28 bits per heavy atom. The van der Waals surface area contributed by atoms with Crippen LogP contribution in [0.5, 0.6) is 5.75 Å². The van der Waals surface area contributed by atoms with Gasteiger partial charge in [-0.1, -0.05) is 6.07 Å². The van der Waals surface area contributed by atoms with Gasteiger partial charge in [-0.2, -0.15) is 11.8 Å². The van der Waals surface area contributed by atoms with E-state index in [0.29, 0.717) is 0 Å². The van der Waals surface area contributed by atoms with E-state index in [2.05, 4.69) is 52.3 Å². The third-order valence-electron chi connectivity index (χ3n) is 4.43.